The van der Waals surface area contributed by atoms with Crippen molar-refractivity contribution >= 4 is 29.9 Å². The van der Waals surface area contributed by atoms with Crippen LogP contribution in [0.1, 0.15) is 64.7 Å². The second kappa shape index (κ2) is 9.06. The standard InChI is InChI=1S/C19H35N3O.HI/c1-3-23-14-12-18(7-4-5-8-18)15-21-17(20-2)22-13-11-19(16-22)9-6-10-19;/h3-16H2,1-2H3,(H,20,21);1H. The summed E-state index contributed by atoms with van der Waals surface area (Å²) in [5.74, 6) is 1.14. The summed E-state index contributed by atoms with van der Waals surface area (Å²) in [4.78, 5) is 7.09. The molecule has 3 aliphatic rings. The van der Waals surface area contributed by atoms with E-state index in [4.69, 9.17) is 4.74 Å². The van der Waals surface area contributed by atoms with Gasteiger partial charge in [0.15, 0.2) is 5.96 Å². The van der Waals surface area contributed by atoms with Gasteiger partial charge in [0, 0.05) is 39.9 Å². The van der Waals surface area contributed by atoms with Crippen molar-refractivity contribution in [2.45, 2.75) is 64.7 Å². The molecule has 1 spiro atoms. The topological polar surface area (TPSA) is 36.9 Å². The molecule has 1 N–H and O–H groups in total. The van der Waals surface area contributed by atoms with E-state index in [9.17, 15) is 0 Å². The van der Waals surface area contributed by atoms with Gasteiger partial charge >= 0.3 is 0 Å². The summed E-state index contributed by atoms with van der Waals surface area (Å²) in [6.45, 7) is 7.30. The van der Waals surface area contributed by atoms with Gasteiger partial charge in [-0.1, -0.05) is 19.3 Å². The normalized spacial score (nSPS) is 24.8. The Morgan fingerprint density at radius 2 is 1.88 bits per heavy atom. The predicted octanol–water partition coefficient (Wildman–Crippen LogP) is 4.04. The van der Waals surface area contributed by atoms with Gasteiger partial charge in [0.2, 0.25) is 0 Å². The van der Waals surface area contributed by atoms with Crippen LogP contribution < -0.4 is 5.32 Å². The fourth-order valence-electron chi connectivity index (χ4n) is 4.87. The van der Waals surface area contributed by atoms with E-state index < -0.39 is 0 Å². The number of hydrogen-bond acceptors (Lipinski definition) is 2. The SMILES string of the molecule is CCOCCC1(CNC(=NC)N2CCC3(CCC3)C2)CCCC1.I. The Labute approximate surface area is 165 Å². The molecule has 0 unspecified atom stereocenters. The number of halogens is 1. The van der Waals surface area contributed by atoms with Gasteiger partial charge in [-0.25, -0.2) is 0 Å². The van der Waals surface area contributed by atoms with Gasteiger partial charge in [0.1, 0.15) is 0 Å². The maximum Gasteiger partial charge on any atom is 0.193 e. The van der Waals surface area contributed by atoms with Gasteiger partial charge < -0.3 is 15.0 Å². The Balaban J connectivity index is 0.00000208. The molecule has 1 saturated heterocycles. The Morgan fingerprint density at radius 3 is 2.42 bits per heavy atom. The maximum atomic E-state index is 5.63. The first-order valence-electron chi connectivity index (χ1n) is 9.74. The van der Waals surface area contributed by atoms with E-state index >= 15 is 0 Å². The summed E-state index contributed by atoms with van der Waals surface area (Å²) in [6, 6.07) is 0. The average Bonchev–Trinajstić information content (AvgIpc) is 3.16. The molecule has 2 aliphatic carbocycles. The number of ether oxygens (including phenoxy) is 1. The van der Waals surface area contributed by atoms with E-state index in [1.165, 1.54) is 70.9 Å². The molecule has 0 radical (unpaired) electrons. The van der Waals surface area contributed by atoms with Crippen molar-refractivity contribution in [1.82, 2.24) is 10.2 Å². The first-order chi connectivity index (χ1) is 11.2. The van der Waals surface area contributed by atoms with Crippen molar-refractivity contribution in [2.75, 3.05) is 39.9 Å². The highest BCUT2D eigenvalue weighted by Gasteiger charge is 2.44. The van der Waals surface area contributed by atoms with Crippen LogP contribution in [0.25, 0.3) is 0 Å². The van der Waals surface area contributed by atoms with Gasteiger partial charge in [-0.3, -0.25) is 4.99 Å². The van der Waals surface area contributed by atoms with Crippen LogP contribution in [0.4, 0.5) is 0 Å². The molecule has 1 aliphatic heterocycles. The zero-order valence-corrected chi connectivity index (χ0v) is 17.9. The molecule has 0 aromatic carbocycles. The van der Waals surface area contributed by atoms with Gasteiger partial charge in [-0.05, 0) is 56.3 Å². The van der Waals surface area contributed by atoms with Gasteiger partial charge in [0.05, 0.1) is 0 Å². The lowest BCUT2D eigenvalue weighted by atomic mass is 9.68. The van der Waals surface area contributed by atoms with Crippen LogP contribution in [0.5, 0.6) is 0 Å². The maximum absolute atomic E-state index is 5.63. The number of rotatable bonds is 6. The number of likely N-dealkylation sites (tertiary alicyclic amines) is 1. The van der Waals surface area contributed by atoms with Crippen LogP contribution >= 0.6 is 24.0 Å². The van der Waals surface area contributed by atoms with Crippen molar-refractivity contribution in [1.29, 1.82) is 0 Å². The average molecular weight is 449 g/mol. The Hall–Kier alpha value is -0.0400. The molecule has 3 rings (SSSR count). The van der Waals surface area contributed by atoms with Crippen LogP contribution in [0, 0.1) is 10.8 Å². The second-order valence-electron chi connectivity index (χ2n) is 8.08. The van der Waals surface area contributed by atoms with E-state index in [1.807, 2.05) is 7.05 Å². The van der Waals surface area contributed by atoms with Crippen LogP contribution in [0.3, 0.4) is 0 Å². The minimum Gasteiger partial charge on any atom is -0.382 e. The van der Waals surface area contributed by atoms with Crippen molar-refractivity contribution in [3.63, 3.8) is 0 Å². The first-order valence-corrected chi connectivity index (χ1v) is 9.74. The monoisotopic (exact) mass is 449 g/mol. The van der Waals surface area contributed by atoms with Crippen LogP contribution in [0.2, 0.25) is 0 Å². The summed E-state index contributed by atoms with van der Waals surface area (Å²) in [7, 11) is 1.94. The number of nitrogens with one attached hydrogen (secondary N) is 1. The fraction of sp³-hybridized carbons (Fsp3) is 0.947. The zero-order chi connectivity index (χ0) is 16.2. The van der Waals surface area contributed by atoms with E-state index in [2.05, 4.69) is 22.1 Å². The largest absolute Gasteiger partial charge is 0.382 e. The highest BCUT2D eigenvalue weighted by Crippen LogP contribution is 2.48. The molecule has 24 heavy (non-hydrogen) atoms. The molecule has 5 heteroatoms. The molecule has 0 atom stereocenters. The first kappa shape index (κ1) is 20.3. The van der Waals surface area contributed by atoms with Crippen molar-refractivity contribution in [3.8, 4) is 0 Å². The molecule has 0 aromatic heterocycles. The summed E-state index contributed by atoms with van der Waals surface area (Å²) in [5.41, 5.74) is 1.07. The van der Waals surface area contributed by atoms with Crippen LogP contribution in [-0.2, 0) is 4.74 Å². The van der Waals surface area contributed by atoms with E-state index in [0.29, 0.717) is 10.8 Å². The molecular weight excluding hydrogens is 413 g/mol. The number of guanidine groups is 1. The lowest BCUT2D eigenvalue weighted by Crippen LogP contribution is -2.46. The molecule has 0 bridgehead atoms. The minimum atomic E-state index is 0. The third kappa shape index (κ3) is 4.57. The molecule has 3 fully saturated rings. The predicted molar refractivity (Wildman–Crippen MR) is 111 cm³/mol. The lowest BCUT2D eigenvalue weighted by Gasteiger charge is -2.38. The second-order valence-corrected chi connectivity index (χ2v) is 8.08. The lowest BCUT2D eigenvalue weighted by molar-refractivity contribution is 0.104. The van der Waals surface area contributed by atoms with Crippen molar-refractivity contribution < 1.29 is 4.74 Å². The Bertz CT molecular complexity index is 417. The van der Waals surface area contributed by atoms with Gasteiger partial charge in [-0.15, -0.1) is 24.0 Å². The van der Waals surface area contributed by atoms with Gasteiger partial charge in [0.25, 0.3) is 0 Å². The molecule has 4 nitrogen and oxygen atoms in total. The highest BCUT2D eigenvalue weighted by molar-refractivity contribution is 14.0. The smallest absolute Gasteiger partial charge is 0.193 e. The van der Waals surface area contributed by atoms with Crippen LogP contribution in [0.15, 0.2) is 4.99 Å². The summed E-state index contributed by atoms with van der Waals surface area (Å²) >= 11 is 0. The minimum absolute atomic E-state index is 0. The summed E-state index contributed by atoms with van der Waals surface area (Å²) in [5, 5.41) is 3.73. The van der Waals surface area contributed by atoms with Gasteiger partial charge in [-0.2, -0.15) is 0 Å². The fourth-order valence-corrected chi connectivity index (χ4v) is 4.87. The Kier molecular flexibility index (Phi) is 7.65. The molecule has 1 heterocycles. The van der Waals surface area contributed by atoms with Crippen LogP contribution in [-0.4, -0.2) is 50.8 Å². The van der Waals surface area contributed by atoms with E-state index in [1.54, 1.807) is 0 Å². The molecule has 140 valence electrons. The number of nitrogens with zero attached hydrogens (tertiary/aromatic N) is 2. The summed E-state index contributed by atoms with van der Waals surface area (Å²) in [6.07, 6.45) is 12.3. The molecule has 0 aromatic rings. The number of aliphatic imine (C=N–C) groups is 1. The van der Waals surface area contributed by atoms with Crippen molar-refractivity contribution in [3.05, 3.63) is 0 Å². The molecule has 2 saturated carbocycles. The number of hydrogen-bond donors (Lipinski definition) is 1. The third-order valence-corrected chi connectivity index (χ3v) is 6.63. The quantitative estimate of drug-likeness (QED) is 0.288. The summed E-state index contributed by atoms with van der Waals surface area (Å²) < 4.78 is 5.63. The van der Waals surface area contributed by atoms with E-state index in [-0.39, 0.29) is 24.0 Å². The van der Waals surface area contributed by atoms with E-state index in [0.717, 1.165) is 25.7 Å². The van der Waals surface area contributed by atoms with Crippen molar-refractivity contribution in [2.24, 2.45) is 15.8 Å². The Morgan fingerprint density at radius 1 is 1.12 bits per heavy atom. The third-order valence-electron chi connectivity index (χ3n) is 6.63. The zero-order valence-electron chi connectivity index (χ0n) is 15.6. The molecule has 0 amide bonds. The highest BCUT2D eigenvalue weighted by atomic mass is 127. The molecular formula is C19H36IN3O.